The van der Waals surface area contributed by atoms with E-state index in [-0.39, 0.29) is 32.9 Å². The SMILES string of the molecule is CCCCC.[Si].[Si].[Si]. The largest absolute Gasteiger partial charge is 0.0654 e. The van der Waals surface area contributed by atoms with Crippen LogP contribution in [0.25, 0.3) is 0 Å². The molecule has 0 bridgehead atoms. The number of hydrogen-bond acceptors (Lipinski definition) is 0. The van der Waals surface area contributed by atoms with Gasteiger partial charge in [-0.15, -0.1) is 0 Å². The Kier molecular flexibility index (Phi) is 74.3. The van der Waals surface area contributed by atoms with Crippen LogP contribution in [0, 0.1) is 0 Å². The first kappa shape index (κ1) is 23.4. The summed E-state index contributed by atoms with van der Waals surface area (Å²) in [6.45, 7) is 4.42. The fraction of sp³-hybridized carbons (Fsp3) is 1.00. The summed E-state index contributed by atoms with van der Waals surface area (Å²) in [5.74, 6) is 0. The van der Waals surface area contributed by atoms with E-state index in [1.54, 1.807) is 0 Å². The van der Waals surface area contributed by atoms with Crippen molar-refractivity contribution in [3.63, 3.8) is 0 Å². The lowest BCUT2D eigenvalue weighted by Crippen LogP contribution is -1.59. The molecule has 3 heteroatoms. The van der Waals surface area contributed by atoms with Crippen LogP contribution in [-0.4, -0.2) is 32.9 Å². The maximum atomic E-state index is 2.21. The maximum Gasteiger partial charge on any atom is 0 e. The van der Waals surface area contributed by atoms with Gasteiger partial charge < -0.3 is 0 Å². The van der Waals surface area contributed by atoms with Crippen LogP contribution in [0.5, 0.6) is 0 Å². The molecular formula is C5H12Si3. The van der Waals surface area contributed by atoms with E-state index in [2.05, 4.69) is 13.8 Å². The van der Waals surface area contributed by atoms with Crippen molar-refractivity contribution in [1.29, 1.82) is 0 Å². The first-order valence-electron chi connectivity index (χ1n) is 2.41. The molecular weight excluding hydrogens is 144 g/mol. The van der Waals surface area contributed by atoms with E-state index in [4.69, 9.17) is 0 Å². The van der Waals surface area contributed by atoms with E-state index in [0.29, 0.717) is 0 Å². The van der Waals surface area contributed by atoms with Gasteiger partial charge in [-0.25, -0.2) is 0 Å². The standard InChI is InChI=1S/C5H12.3Si/c1-3-5-4-2;;;/h3-5H2,1-2H3;;;. The summed E-state index contributed by atoms with van der Waals surface area (Å²) in [5.41, 5.74) is 0. The monoisotopic (exact) mass is 156 g/mol. The minimum atomic E-state index is 0. The van der Waals surface area contributed by atoms with Crippen molar-refractivity contribution in [3.05, 3.63) is 0 Å². The Morgan fingerprint density at radius 3 is 1.00 bits per heavy atom. The lowest BCUT2D eigenvalue weighted by Gasteiger charge is -1.79. The van der Waals surface area contributed by atoms with E-state index in [1.165, 1.54) is 19.3 Å². The highest BCUT2D eigenvalue weighted by Gasteiger charge is 1.68. The molecule has 0 saturated heterocycles. The van der Waals surface area contributed by atoms with Crippen molar-refractivity contribution < 1.29 is 0 Å². The molecule has 0 aromatic heterocycles. The highest BCUT2D eigenvalue weighted by Crippen LogP contribution is 1.88. The summed E-state index contributed by atoms with van der Waals surface area (Å²) in [7, 11) is 0. The topological polar surface area (TPSA) is 0 Å². The summed E-state index contributed by atoms with van der Waals surface area (Å²) in [6.07, 6.45) is 4.08. The third-order valence-corrected chi connectivity index (χ3v) is 0.707. The Labute approximate surface area is 66.5 Å². The normalized spacial score (nSPS) is 5.25. The van der Waals surface area contributed by atoms with Gasteiger partial charge in [0.1, 0.15) is 0 Å². The summed E-state index contributed by atoms with van der Waals surface area (Å²) >= 11 is 0. The molecule has 0 N–H and O–H groups in total. The zero-order chi connectivity index (χ0) is 4.12. The van der Waals surface area contributed by atoms with Crippen molar-refractivity contribution >= 4 is 32.9 Å². The van der Waals surface area contributed by atoms with Gasteiger partial charge in [-0.2, -0.15) is 0 Å². The van der Waals surface area contributed by atoms with Crippen LogP contribution in [0.1, 0.15) is 33.1 Å². The van der Waals surface area contributed by atoms with Gasteiger partial charge in [0.15, 0.2) is 0 Å². The van der Waals surface area contributed by atoms with Crippen LogP contribution < -0.4 is 0 Å². The van der Waals surface area contributed by atoms with Crippen molar-refractivity contribution in [3.8, 4) is 0 Å². The molecule has 0 atom stereocenters. The van der Waals surface area contributed by atoms with Crippen LogP contribution in [0.15, 0.2) is 0 Å². The van der Waals surface area contributed by atoms with Gasteiger partial charge in [0.05, 0.1) is 0 Å². The van der Waals surface area contributed by atoms with Gasteiger partial charge in [0, 0.05) is 32.9 Å². The van der Waals surface area contributed by atoms with Crippen LogP contribution in [-0.2, 0) is 0 Å². The molecule has 0 heterocycles. The van der Waals surface area contributed by atoms with Gasteiger partial charge in [-0.3, -0.25) is 0 Å². The minimum Gasteiger partial charge on any atom is -0.0654 e. The molecule has 0 aliphatic heterocycles. The quantitative estimate of drug-likeness (QED) is 0.525. The van der Waals surface area contributed by atoms with E-state index < -0.39 is 0 Å². The zero-order valence-electron chi connectivity index (χ0n) is 5.62. The second-order valence-electron chi connectivity index (χ2n) is 1.35. The molecule has 44 valence electrons. The fourth-order valence-electron chi connectivity index (χ4n) is 0.354. The Morgan fingerprint density at radius 2 is 1.00 bits per heavy atom. The van der Waals surface area contributed by atoms with Gasteiger partial charge in [0.25, 0.3) is 0 Å². The van der Waals surface area contributed by atoms with Crippen LogP contribution in [0.3, 0.4) is 0 Å². The molecule has 8 heavy (non-hydrogen) atoms. The highest BCUT2D eigenvalue weighted by molar-refractivity contribution is 5.76. The molecule has 12 radical (unpaired) electrons. The van der Waals surface area contributed by atoms with Crippen molar-refractivity contribution in [1.82, 2.24) is 0 Å². The highest BCUT2D eigenvalue weighted by atomic mass is 28.1. The fourth-order valence-corrected chi connectivity index (χ4v) is 0.354. The van der Waals surface area contributed by atoms with E-state index in [0.717, 1.165) is 0 Å². The predicted octanol–water partition coefficient (Wildman–Crippen LogP) is 1.05. The molecule has 0 spiro atoms. The summed E-state index contributed by atoms with van der Waals surface area (Å²) < 4.78 is 0. The van der Waals surface area contributed by atoms with Crippen LogP contribution >= 0.6 is 0 Å². The number of hydrogen-bond donors (Lipinski definition) is 0. The zero-order valence-corrected chi connectivity index (χ0v) is 8.62. The number of unbranched alkanes of at least 4 members (excludes halogenated alkanes) is 2. The minimum absolute atomic E-state index is 0. The number of rotatable bonds is 2. The Balaban J connectivity index is -0.0000000267. The molecule has 0 saturated carbocycles. The lowest BCUT2D eigenvalue weighted by atomic mass is 10.3. The molecule has 0 aliphatic carbocycles. The van der Waals surface area contributed by atoms with Crippen molar-refractivity contribution in [2.75, 3.05) is 0 Å². The smallest absolute Gasteiger partial charge is 0 e. The molecule has 0 rings (SSSR count). The molecule has 0 aliphatic rings. The third kappa shape index (κ3) is 30.2. The van der Waals surface area contributed by atoms with Crippen LogP contribution in [0.4, 0.5) is 0 Å². The van der Waals surface area contributed by atoms with Gasteiger partial charge in [0.2, 0.25) is 0 Å². The van der Waals surface area contributed by atoms with Gasteiger partial charge in [-0.1, -0.05) is 33.1 Å². The lowest BCUT2D eigenvalue weighted by molar-refractivity contribution is 0.772. The second kappa shape index (κ2) is 25.4. The van der Waals surface area contributed by atoms with E-state index in [1.807, 2.05) is 0 Å². The predicted molar refractivity (Wildman–Crippen MR) is 42.5 cm³/mol. The van der Waals surface area contributed by atoms with Gasteiger partial charge >= 0.3 is 0 Å². The average molecular weight is 156 g/mol. The summed E-state index contributed by atoms with van der Waals surface area (Å²) in [4.78, 5) is 0. The van der Waals surface area contributed by atoms with Crippen molar-refractivity contribution in [2.24, 2.45) is 0 Å². The molecule has 0 unspecified atom stereocenters. The molecule has 0 fully saturated rings. The van der Waals surface area contributed by atoms with E-state index >= 15 is 0 Å². The first-order valence-corrected chi connectivity index (χ1v) is 2.41. The second-order valence-corrected chi connectivity index (χ2v) is 1.35. The first-order chi connectivity index (χ1) is 2.41. The van der Waals surface area contributed by atoms with Gasteiger partial charge in [-0.05, 0) is 0 Å². The summed E-state index contributed by atoms with van der Waals surface area (Å²) in [6, 6.07) is 0. The average Bonchev–Trinajstić information content (AvgIpc) is 1.41. The van der Waals surface area contributed by atoms with E-state index in [9.17, 15) is 0 Å². The third-order valence-electron chi connectivity index (χ3n) is 0.707. The molecule has 0 amide bonds. The van der Waals surface area contributed by atoms with Crippen molar-refractivity contribution in [2.45, 2.75) is 33.1 Å². The molecule has 0 aromatic rings. The Morgan fingerprint density at radius 1 is 0.750 bits per heavy atom. The maximum absolute atomic E-state index is 2.21. The molecule has 0 nitrogen and oxygen atoms in total. The Hall–Kier alpha value is 0.651. The summed E-state index contributed by atoms with van der Waals surface area (Å²) in [5, 5.41) is 0. The van der Waals surface area contributed by atoms with Crippen LogP contribution in [0.2, 0.25) is 0 Å². The Bertz CT molecular complexity index is 15.1. The molecule has 0 aromatic carbocycles.